The van der Waals surface area contributed by atoms with Gasteiger partial charge in [-0.05, 0) is 37.8 Å². The fourth-order valence-electron chi connectivity index (χ4n) is 2.66. The molecule has 14 heavy (non-hydrogen) atoms. The van der Waals surface area contributed by atoms with Crippen LogP contribution in [-0.2, 0) is 10.0 Å². The highest BCUT2D eigenvalue weighted by atomic mass is 32.2. The van der Waals surface area contributed by atoms with Crippen LogP contribution < -0.4 is 10.0 Å². The molecule has 1 heterocycles. The molecule has 1 spiro atoms. The molecule has 0 amide bonds. The van der Waals surface area contributed by atoms with Crippen molar-refractivity contribution in [3.63, 3.8) is 0 Å². The summed E-state index contributed by atoms with van der Waals surface area (Å²) in [4.78, 5) is 0. The van der Waals surface area contributed by atoms with Gasteiger partial charge in [-0.2, -0.15) is 0 Å². The van der Waals surface area contributed by atoms with Crippen LogP contribution in [0.1, 0.15) is 19.3 Å². The van der Waals surface area contributed by atoms with E-state index in [1.165, 1.54) is 26.3 Å². The van der Waals surface area contributed by atoms with Crippen LogP contribution in [0, 0.1) is 11.3 Å². The molecular formula is C9H18N2O2S. The van der Waals surface area contributed by atoms with Crippen molar-refractivity contribution in [3.05, 3.63) is 0 Å². The molecule has 2 fully saturated rings. The molecule has 1 saturated heterocycles. The van der Waals surface area contributed by atoms with Gasteiger partial charge in [-0.15, -0.1) is 0 Å². The van der Waals surface area contributed by atoms with Gasteiger partial charge in [0.1, 0.15) is 0 Å². The van der Waals surface area contributed by atoms with Gasteiger partial charge in [0.2, 0.25) is 10.0 Å². The number of nitrogens with one attached hydrogen (secondary N) is 2. The maximum Gasteiger partial charge on any atom is 0.211 e. The lowest BCUT2D eigenvalue weighted by Crippen LogP contribution is -2.41. The molecule has 1 atom stereocenters. The number of sulfonamides is 1. The van der Waals surface area contributed by atoms with E-state index in [0.717, 1.165) is 13.1 Å². The topological polar surface area (TPSA) is 58.2 Å². The van der Waals surface area contributed by atoms with Crippen molar-refractivity contribution in [2.75, 3.05) is 25.9 Å². The highest BCUT2D eigenvalue weighted by Crippen LogP contribution is 2.49. The molecule has 1 aliphatic heterocycles. The SMILES string of the molecule is CNS(=O)(=O)CC1CNCC12CCC2. The van der Waals surface area contributed by atoms with E-state index in [1.54, 1.807) is 0 Å². The average Bonchev–Trinajstić information content (AvgIpc) is 2.46. The third kappa shape index (κ3) is 1.68. The van der Waals surface area contributed by atoms with Crippen LogP contribution in [0.15, 0.2) is 0 Å². The fraction of sp³-hybridized carbons (Fsp3) is 1.00. The Morgan fingerprint density at radius 2 is 2.21 bits per heavy atom. The Labute approximate surface area is 85.5 Å². The van der Waals surface area contributed by atoms with Gasteiger partial charge in [-0.1, -0.05) is 6.42 Å². The van der Waals surface area contributed by atoms with Crippen LogP contribution in [0.3, 0.4) is 0 Å². The summed E-state index contributed by atoms with van der Waals surface area (Å²) >= 11 is 0. The third-order valence-electron chi connectivity index (χ3n) is 3.81. The molecular weight excluding hydrogens is 200 g/mol. The van der Waals surface area contributed by atoms with E-state index in [-0.39, 0.29) is 5.75 Å². The molecule has 5 heteroatoms. The molecule has 0 radical (unpaired) electrons. The minimum Gasteiger partial charge on any atom is -0.316 e. The molecule has 82 valence electrons. The van der Waals surface area contributed by atoms with Gasteiger partial charge in [0.25, 0.3) is 0 Å². The predicted octanol–water partition coefficient (Wildman–Crippen LogP) is -0.0747. The molecule has 0 aromatic rings. The fourth-order valence-corrected chi connectivity index (χ4v) is 3.82. The van der Waals surface area contributed by atoms with Crippen molar-refractivity contribution < 1.29 is 8.42 Å². The van der Waals surface area contributed by atoms with E-state index >= 15 is 0 Å². The monoisotopic (exact) mass is 218 g/mol. The molecule has 0 bridgehead atoms. The first kappa shape index (κ1) is 10.4. The van der Waals surface area contributed by atoms with Crippen LogP contribution in [0.5, 0.6) is 0 Å². The Morgan fingerprint density at radius 3 is 2.71 bits per heavy atom. The smallest absolute Gasteiger partial charge is 0.211 e. The second kappa shape index (κ2) is 3.47. The molecule has 2 aliphatic rings. The van der Waals surface area contributed by atoms with Crippen LogP contribution in [-0.4, -0.2) is 34.3 Å². The Morgan fingerprint density at radius 1 is 1.50 bits per heavy atom. The van der Waals surface area contributed by atoms with E-state index in [2.05, 4.69) is 10.0 Å². The maximum atomic E-state index is 11.4. The molecule has 0 aromatic heterocycles. The van der Waals surface area contributed by atoms with Crippen molar-refractivity contribution >= 4 is 10.0 Å². The van der Waals surface area contributed by atoms with Gasteiger partial charge < -0.3 is 5.32 Å². The summed E-state index contributed by atoms with van der Waals surface area (Å²) in [6, 6.07) is 0. The standard InChI is InChI=1S/C9H18N2O2S/c1-10-14(12,13)6-8-5-11-7-9(8)3-2-4-9/h8,10-11H,2-7H2,1H3. The second-order valence-corrected chi connectivity index (χ2v) is 6.50. The van der Waals surface area contributed by atoms with Gasteiger partial charge in [0.15, 0.2) is 0 Å². The van der Waals surface area contributed by atoms with Crippen molar-refractivity contribution in [3.8, 4) is 0 Å². The number of hydrogen-bond donors (Lipinski definition) is 2. The lowest BCUT2D eigenvalue weighted by atomic mass is 9.63. The van der Waals surface area contributed by atoms with E-state index in [9.17, 15) is 8.42 Å². The van der Waals surface area contributed by atoms with Crippen molar-refractivity contribution in [1.29, 1.82) is 0 Å². The van der Waals surface area contributed by atoms with E-state index < -0.39 is 10.0 Å². The Hall–Kier alpha value is -0.130. The van der Waals surface area contributed by atoms with Gasteiger partial charge >= 0.3 is 0 Å². The average molecular weight is 218 g/mol. The Bertz CT molecular complexity index is 309. The highest BCUT2D eigenvalue weighted by molar-refractivity contribution is 7.89. The minimum atomic E-state index is -3.04. The van der Waals surface area contributed by atoms with E-state index in [4.69, 9.17) is 0 Å². The summed E-state index contributed by atoms with van der Waals surface area (Å²) in [6.07, 6.45) is 3.66. The van der Waals surface area contributed by atoms with Gasteiger partial charge in [-0.25, -0.2) is 13.1 Å². The zero-order valence-electron chi connectivity index (χ0n) is 8.54. The van der Waals surface area contributed by atoms with Crippen LogP contribution >= 0.6 is 0 Å². The molecule has 1 saturated carbocycles. The highest BCUT2D eigenvalue weighted by Gasteiger charge is 2.48. The summed E-state index contributed by atoms with van der Waals surface area (Å²) in [7, 11) is -1.55. The first-order chi connectivity index (χ1) is 6.58. The molecule has 1 unspecified atom stereocenters. The normalized spacial score (nSPS) is 30.5. The minimum absolute atomic E-state index is 0.288. The van der Waals surface area contributed by atoms with Gasteiger partial charge in [0, 0.05) is 6.54 Å². The largest absolute Gasteiger partial charge is 0.316 e. The summed E-state index contributed by atoms with van der Waals surface area (Å²) in [6.45, 7) is 1.87. The zero-order chi connectivity index (χ0) is 10.2. The molecule has 0 aromatic carbocycles. The first-order valence-electron chi connectivity index (χ1n) is 5.20. The van der Waals surface area contributed by atoms with Gasteiger partial charge in [-0.3, -0.25) is 0 Å². The predicted molar refractivity (Wildman–Crippen MR) is 55.5 cm³/mol. The molecule has 2 N–H and O–H groups in total. The second-order valence-electron chi connectivity index (χ2n) is 4.53. The van der Waals surface area contributed by atoms with E-state index in [1.807, 2.05) is 0 Å². The zero-order valence-corrected chi connectivity index (χ0v) is 9.36. The lowest BCUT2D eigenvalue weighted by Gasteiger charge is -2.42. The first-order valence-corrected chi connectivity index (χ1v) is 6.85. The number of rotatable bonds is 3. The maximum absolute atomic E-state index is 11.4. The van der Waals surface area contributed by atoms with E-state index in [0.29, 0.717) is 11.3 Å². The van der Waals surface area contributed by atoms with Crippen LogP contribution in [0.25, 0.3) is 0 Å². The molecule has 1 aliphatic carbocycles. The number of hydrogen-bond acceptors (Lipinski definition) is 3. The quantitative estimate of drug-likeness (QED) is 0.697. The Kier molecular flexibility index (Phi) is 2.57. The lowest BCUT2D eigenvalue weighted by molar-refractivity contribution is 0.110. The summed E-state index contributed by atoms with van der Waals surface area (Å²) in [5.41, 5.74) is 0.309. The van der Waals surface area contributed by atoms with Crippen molar-refractivity contribution in [2.45, 2.75) is 19.3 Å². The Balaban J connectivity index is 2.04. The van der Waals surface area contributed by atoms with Gasteiger partial charge in [0.05, 0.1) is 5.75 Å². The summed E-state index contributed by atoms with van der Waals surface area (Å²) in [5, 5.41) is 3.32. The van der Waals surface area contributed by atoms with Crippen LogP contribution in [0.2, 0.25) is 0 Å². The third-order valence-corrected chi connectivity index (χ3v) is 5.28. The van der Waals surface area contributed by atoms with Crippen LogP contribution in [0.4, 0.5) is 0 Å². The van der Waals surface area contributed by atoms with Crippen molar-refractivity contribution in [1.82, 2.24) is 10.0 Å². The molecule has 4 nitrogen and oxygen atoms in total. The summed E-state index contributed by atoms with van der Waals surface area (Å²) in [5.74, 6) is 0.602. The molecule has 2 rings (SSSR count). The van der Waals surface area contributed by atoms with Crippen molar-refractivity contribution in [2.24, 2.45) is 11.3 Å². The summed E-state index contributed by atoms with van der Waals surface area (Å²) < 4.78 is 25.3.